The summed E-state index contributed by atoms with van der Waals surface area (Å²) in [6.07, 6.45) is 0.838. The Bertz CT molecular complexity index is 990. The molecule has 1 N–H and O–H groups in total. The zero-order valence-electron chi connectivity index (χ0n) is 16.9. The third kappa shape index (κ3) is 6.15. The highest BCUT2D eigenvalue weighted by atomic mass is 35.5. The van der Waals surface area contributed by atoms with Crippen LogP contribution in [0.15, 0.2) is 66.7 Å². The monoisotopic (exact) mass is 425 g/mol. The highest BCUT2D eigenvalue weighted by Gasteiger charge is 2.16. The highest BCUT2D eigenvalue weighted by Crippen LogP contribution is 2.24. The third-order valence-electron chi connectivity index (χ3n) is 5.08. The predicted molar refractivity (Wildman–Crippen MR) is 118 cm³/mol. The Morgan fingerprint density at radius 3 is 2.23 bits per heavy atom. The van der Waals surface area contributed by atoms with Gasteiger partial charge >= 0.3 is 5.97 Å². The van der Waals surface area contributed by atoms with Crippen molar-refractivity contribution in [3.05, 3.63) is 105 Å². The average molecular weight is 426 g/mol. The van der Waals surface area contributed by atoms with E-state index in [1.807, 2.05) is 35.2 Å². The van der Waals surface area contributed by atoms with E-state index in [0.29, 0.717) is 29.2 Å². The maximum absolute atomic E-state index is 14.6. The van der Waals surface area contributed by atoms with Crippen LogP contribution in [0.4, 0.5) is 4.39 Å². The van der Waals surface area contributed by atoms with Gasteiger partial charge in [-0.15, -0.1) is 0 Å². The second-order valence-corrected chi connectivity index (χ2v) is 7.90. The van der Waals surface area contributed by atoms with Gasteiger partial charge in [0.2, 0.25) is 0 Å². The number of carboxylic acid groups (broad SMARTS) is 1. The molecule has 0 unspecified atom stereocenters. The van der Waals surface area contributed by atoms with Crippen molar-refractivity contribution in [2.24, 2.45) is 0 Å². The highest BCUT2D eigenvalue weighted by molar-refractivity contribution is 6.31. The summed E-state index contributed by atoms with van der Waals surface area (Å²) in [6.45, 7) is 2.78. The first kappa shape index (κ1) is 22.0. The number of rotatable bonds is 9. The molecule has 0 saturated carbocycles. The van der Waals surface area contributed by atoms with Gasteiger partial charge in [-0.2, -0.15) is 0 Å². The minimum absolute atomic E-state index is 0.0167. The second-order valence-electron chi connectivity index (χ2n) is 7.49. The summed E-state index contributed by atoms with van der Waals surface area (Å²) >= 11 is 6.23. The minimum atomic E-state index is -0.881. The molecule has 0 amide bonds. The third-order valence-corrected chi connectivity index (χ3v) is 5.44. The van der Waals surface area contributed by atoms with Gasteiger partial charge in [-0.25, -0.2) is 4.39 Å². The minimum Gasteiger partial charge on any atom is -0.481 e. The van der Waals surface area contributed by atoms with Crippen molar-refractivity contribution in [3.63, 3.8) is 0 Å². The summed E-state index contributed by atoms with van der Waals surface area (Å²) in [5, 5.41) is 9.46. The second kappa shape index (κ2) is 10.4. The molecule has 3 aromatic carbocycles. The maximum Gasteiger partial charge on any atom is 0.304 e. The molecule has 0 aliphatic heterocycles. The SMILES string of the molecule is Cc1ccc(Cl)c(CN(CCC(=O)O)Cc2ccc(Cc3ccccc3)cc2)c1F. The van der Waals surface area contributed by atoms with Crippen LogP contribution in [-0.4, -0.2) is 22.5 Å². The van der Waals surface area contributed by atoms with Gasteiger partial charge in [-0.3, -0.25) is 9.69 Å². The first-order chi connectivity index (χ1) is 14.4. The Kier molecular flexibility index (Phi) is 7.61. The van der Waals surface area contributed by atoms with Crippen molar-refractivity contribution in [2.75, 3.05) is 6.54 Å². The lowest BCUT2D eigenvalue weighted by atomic mass is 10.0. The predicted octanol–water partition coefficient (Wildman–Crippen LogP) is 5.86. The molecule has 0 spiro atoms. The van der Waals surface area contributed by atoms with E-state index in [-0.39, 0.29) is 18.8 Å². The van der Waals surface area contributed by atoms with Crippen molar-refractivity contribution >= 4 is 17.6 Å². The standard InChI is InChI=1S/C25H25ClFNO2/c1-18-7-12-23(26)22(25(18)27)17-28(14-13-24(29)30)16-21-10-8-20(9-11-21)15-19-5-3-2-4-6-19/h2-12H,13-17H2,1H3,(H,29,30). The number of hydrogen-bond donors (Lipinski definition) is 1. The summed E-state index contributed by atoms with van der Waals surface area (Å²) in [4.78, 5) is 13.0. The smallest absolute Gasteiger partial charge is 0.304 e. The van der Waals surface area contributed by atoms with Gasteiger partial charge < -0.3 is 5.11 Å². The Morgan fingerprint density at radius 1 is 0.933 bits per heavy atom. The number of benzene rings is 3. The van der Waals surface area contributed by atoms with Gasteiger partial charge in [-0.05, 0) is 41.7 Å². The van der Waals surface area contributed by atoms with Gasteiger partial charge in [-0.1, -0.05) is 72.3 Å². The van der Waals surface area contributed by atoms with Crippen LogP contribution in [0.1, 0.15) is 34.2 Å². The van der Waals surface area contributed by atoms with Crippen molar-refractivity contribution in [1.82, 2.24) is 4.90 Å². The van der Waals surface area contributed by atoms with Gasteiger partial charge in [0.05, 0.1) is 6.42 Å². The first-order valence-corrected chi connectivity index (χ1v) is 10.3. The maximum atomic E-state index is 14.6. The van der Waals surface area contributed by atoms with E-state index in [1.54, 1.807) is 19.1 Å². The molecule has 0 aromatic heterocycles. The molecular formula is C25H25ClFNO2. The molecule has 3 nitrogen and oxygen atoms in total. The Labute approximate surface area is 181 Å². The molecule has 30 heavy (non-hydrogen) atoms. The fourth-order valence-corrected chi connectivity index (χ4v) is 3.61. The zero-order valence-corrected chi connectivity index (χ0v) is 17.7. The van der Waals surface area contributed by atoms with Crippen LogP contribution in [0.25, 0.3) is 0 Å². The summed E-state index contributed by atoms with van der Waals surface area (Å²) in [7, 11) is 0. The van der Waals surface area contributed by atoms with E-state index in [2.05, 4.69) is 24.3 Å². The number of aryl methyl sites for hydroxylation is 1. The van der Waals surface area contributed by atoms with Gasteiger partial charge in [0.15, 0.2) is 0 Å². The van der Waals surface area contributed by atoms with Crippen LogP contribution in [-0.2, 0) is 24.3 Å². The van der Waals surface area contributed by atoms with E-state index < -0.39 is 5.97 Å². The van der Waals surface area contributed by atoms with E-state index in [0.717, 1.165) is 12.0 Å². The van der Waals surface area contributed by atoms with Crippen molar-refractivity contribution in [1.29, 1.82) is 0 Å². The van der Waals surface area contributed by atoms with E-state index in [4.69, 9.17) is 16.7 Å². The topological polar surface area (TPSA) is 40.5 Å². The summed E-state index contributed by atoms with van der Waals surface area (Å²) < 4.78 is 14.6. The Morgan fingerprint density at radius 2 is 1.57 bits per heavy atom. The number of halogens is 2. The average Bonchev–Trinajstić information content (AvgIpc) is 2.74. The van der Waals surface area contributed by atoms with E-state index in [1.165, 1.54) is 11.1 Å². The molecule has 0 bridgehead atoms. The molecule has 0 aliphatic carbocycles. The fraction of sp³-hybridized carbons (Fsp3) is 0.240. The Hall–Kier alpha value is -2.69. The van der Waals surface area contributed by atoms with Crippen LogP contribution in [0.2, 0.25) is 5.02 Å². The molecule has 156 valence electrons. The molecule has 3 rings (SSSR count). The number of carboxylic acids is 1. The normalized spacial score (nSPS) is 11.1. The number of aliphatic carboxylic acids is 1. The number of hydrogen-bond acceptors (Lipinski definition) is 2. The number of nitrogens with zero attached hydrogens (tertiary/aromatic N) is 1. The molecule has 0 atom stereocenters. The molecule has 3 aromatic rings. The quantitative estimate of drug-likeness (QED) is 0.467. The van der Waals surface area contributed by atoms with E-state index in [9.17, 15) is 9.18 Å². The van der Waals surface area contributed by atoms with Crippen LogP contribution in [0.3, 0.4) is 0 Å². The van der Waals surface area contributed by atoms with Gasteiger partial charge in [0, 0.05) is 30.2 Å². The van der Waals surface area contributed by atoms with Crippen molar-refractivity contribution in [2.45, 2.75) is 32.9 Å². The van der Waals surface area contributed by atoms with Gasteiger partial charge in [0.25, 0.3) is 0 Å². The number of carbonyl (C=O) groups is 1. The summed E-state index contributed by atoms with van der Waals surface area (Å²) in [6, 6.07) is 21.8. The summed E-state index contributed by atoms with van der Waals surface area (Å²) in [5.74, 6) is -1.21. The van der Waals surface area contributed by atoms with Crippen LogP contribution in [0.5, 0.6) is 0 Å². The lowest BCUT2D eigenvalue weighted by Gasteiger charge is -2.23. The fourth-order valence-electron chi connectivity index (χ4n) is 3.40. The molecule has 0 saturated heterocycles. The molecule has 0 heterocycles. The molecule has 0 fully saturated rings. The van der Waals surface area contributed by atoms with E-state index >= 15 is 0 Å². The largest absolute Gasteiger partial charge is 0.481 e. The Balaban J connectivity index is 1.73. The van der Waals surface area contributed by atoms with Crippen molar-refractivity contribution < 1.29 is 14.3 Å². The summed E-state index contributed by atoms with van der Waals surface area (Å²) in [5.41, 5.74) is 4.43. The van der Waals surface area contributed by atoms with Crippen LogP contribution >= 0.6 is 11.6 Å². The molecule has 0 radical (unpaired) electrons. The van der Waals surface area contributed by atoms with Crippen LogP contribution < -0.4 is 0 Å². The van der Waals surface area contributed by atoms with Crippen LogP contribution in [0, 0.1) is 12.7 Å². The lowest BCUT2D eigenvalue weighted by Crippen LogP contribution is -2.26. The van der Waals surface area contributed by atoms with Gasteiger partial charge in [0.1, 0.15) is 5.82 Å². The molecule has 0 aliphatic rings. The zero-order chi connectivity index (χ0) is 21.5. The molecular weight excluding hydrogens is 401 g/mol. The first-order valence-electron chi connectivity index (χ1n) is 9.91. The lowest BCUT2D eigenvalue weighted by molar-refractivity contribution is -0.137. The van der Waals surface area contributed by atoms with Crippen molar-refractivity contribution in [3.8, 4) is 0 Å². The molecule has 5 heteroatoms.